The molecule has 3 heteroatoms. The summed E-state index contributed by atoms with van der Waals surface area (Å²) < 4.78 is 10.6. The molecule has 0 aliphatic carbocycles. The fraction of sp³-hybridized carbons (Fsp3) is 1.00. The Morgan fingerprint density at radius 1 is 1.23 bits per heavy atom. The lowest BCUT2D eigenvalue weighted by Crippen LogP contribution is -2.37. The second kappa shape index (κ2) is 9.96. The van der Waals surface area contributed by atoms with Crippen molar-refractivity contribution >= 4 is 0 Å². The van der Waals surface area contributed by atoms with Crippen LogP contribution in [0.25, 0.3) is 0 Å². The molecule has 0 aliphatic rings. The summed E-state index contributed by atoms with van der Waals surface area (Å²) in [6, 6.07) is 0.340. The quantitative estimate of drug-likeness (QED) is 0.557. The van der Waals surface area contributed by atoms with Gasteiger partial charge in [0.2, 0.25) is 0 Å². The van der Waals surface area contributed by atoms with Crippen molar-refractivity contribution in [1.82, 2.24) is 5.32 Å². The maximum atomic E-state index is 5.50. The molecule has 0 saturated carbocycles. The van der Waals surface area contributed by atoms with Gasteiger partial charge in [-0.1, -0.05) is 20.3 Å². The van der Waals surface area contributed by atoms with Gasteiger partial charge in [-0.2, -0.15) is 0 Å². The van der Waals surface area contributed by atoms with Crippen LogP contribution in [-0.4, -0.2) is 39.5 Å². The van der Waals surface area contributed by atoms with Crippen molar-refractivity contribution in [2.75, 3.05) is 33.5 Å². The minimum Gasteiger partial charge on any atom is -0.383 e. The van der Waals surface area contributed by atoms with E-state index >= 15 is 0 Å². The Bertz CT molecular complexity index is 92.9. The molecule has 80 valence electrons. The van der Waals surface area contributed by atoms with Gasteiger partial charge in [-0.15, -0.1) is 0 Å². The molecule has 1 atom stereocenters. The number of unbranched alkanes of at least 4 members (excludes halogenated alkanes) is 1. The normalized spacial score (nSPS) is 13.2. The van der Waals surface area contributed by atoms with Crippen LogP contribution in [-0.2, 0) is 9.47 Å². The number of rotatable bonds is 9. The fourth-order valence-electron chi connectivity index (χ4n) is 1.13. The fourth-order valence-corrected chi connectivity index (χ4v) is 1.13. The van der Waals surface area contributed by atoms with Crippen molar-refractivity contribution in [3.63, 3.8) is 0 Å². The maximum Gasteiger partial charge on any atom is 0.0642 e. The molecule has 0 heterocycles. The van der Waals surface area contributed by atoms with E-state index in [1.807, 2.05) is 0 Å². The van der Waals surface area contributed by atoms with Gasteiger partial charge in [-0.25, -0.2) is 0 Å². The zero-order chi connectivity index (χ0) is 9.94. The maximum absolute atomic E-state index is 5.50. The first-order valence-corrected chi connectivity index (χ1v) is 5.15. The Kier molecular flexibility index (Phi) is 9.87. The van der Waals surface area contributed by atoms with Gasteiger partial charge < -0.3 is 14.8 Å². The second-order valence-corrected chi connectivity index (χ2v) is 3.14. The number of hydrogen-bond acceptors (Lipinski definition) is 3. The molecule has 0 rings (SSSR count). The molecule has 0 amide bonds. The molecule has 0 aromatic rings. The minimum absolute atomic E-state index is 0.340. The van der Waals surface area contributed by atoms with Crippen LogP contribution in [0.2, 0.25) is 0 Å². The minimum atomic E-state index is 0.340. The molecule has 0 spiro atoms. The third kappa shape index (κ3) is 8.22. The van der Waals surface area contributed by atoms with Gasteiger partial charge >= 0.3 is 0 Å². The molecule has 0 radical (unpaired) electrons. The van der Waals surface area contributed by atoms with Crippen LogP contribution >= 0.6 is 0 Å². The van der Waals surface area contributed by atoms with Crippen LogP contribution < -0.4 is 5.32 Å². The molecule has 0 aliphatic heterocycles. The summed E-state index contributed by atoms with van der Waals surface area (Å²) in [5.74, 6) is 0. The highest BCUT2D eigenvalue weighted by Gasteiger charge is 2.05. The van der Waals surface area contributed by atoms with Crippen molar-refractivity contribution in [3.8, 4) is 0 Å². The molecule has 1 unspecified atom stereocenters. The monoisotopic (exact) mass is 189 g/mol. The lowest BCUT2D eigenvalue weighted by molar-refractivity contribution is 0.0735. The smallest absolute Gasteiger partial charge is 0.0642 e. The van der Waals surface area contributed by atoms with Crippen LogP contribution in [0.5, 0.6) is 0 Å². The molecule has 13 heavy (non-hydrogen) atoms. The Morgan fingerprint density at radius 3 is 2.54 bits per heavy atom. The number of nitrogens with one attached hydrogen (secondary N) is 1. The topological polar surface area (TPSA) is 30.5 Å². The third-order valence-corrected chi connectivity index (χ3v) is 1.82. The molecule has 0 bridgehead atoms. The van der Waals surface area contributed by atoms with E-state index in [1.54, 1.807) is 7.11 Å². The van der Waals surface area contributed by atoms with Gasteiger partial charge in [0.25, 0.3) is 0 Å². The van der Waals surface area contributed by atoms with E-state index in [0.29, 0.717) is 6.04 Å². The predicted octanol–water partition coefficient (Wildman–Crippen LogP) is 1.43. The van der Waals surface area contributed by atoms with E-state index in [2.05, 4.69) is 19.2 Å². The number of hydrogen-bond donors (Lipinski definition) is 1. The summed E-state index contributed by atoms with van der Waals surface area (Å²) in [6.07, 6.45) is 2.34. The summed E-state index contributed by atoms with van der Waals surface area (Å²) >= 11 is 0. The second-order valence-electron chi connectivity index (χ2n) is 3.14. The third-order valence-electron chi connectivity index (χ3n) is 1.82. The van der Waals surface area contributed by atoms with E-state index in [1.165, 1.54) is 6.42 Å². The summed E-state index contributed by atoms with van der Waals surface area (Å²) in [5, 5.41) is 3.31. The van der Waals surface area contributed by atoms with Gasteiger partial charge in [-0.3, -0.25) is 0 Å². The summed E-state index contributed by atoms with van der Waals surface area (Å²) in [6.45, 7) is 7.56. The largest absolute Gasteiger partial charge is 0.383 e. The van der Waals surface area contributed by atoms with Crippen LogP contribution in [0.4, 0.5) is 0 Å². The first-order chi connectivity index (χ1) is 6.35. The molecule has 0 fully saturated rings. The molecule has 0 saturated heterocycles. The van der Waals surface area contributed by atoms with E-state index in [4.69, 9.17) is 9.47 Å². The average Bonchev–Trinajstić information content (AvgIpc) is 2.13. The van der Waals surface area contributed by atoms with Gasteiger partial charge in [0, 0.05) is 13.7 Å². The van der Waals surface area contributed by atoms with Gasteiger partial charge in [0.1, 0.15) is 0 Å². The molecule has 0 aromatic carbocycles. The summed E-state index contributed by atoms with van der Waals surface area (Å²) in [4.78, 5) is 0. The highest BCUT2D eigenvalue weighted by Crippen LogP contribution is 1.91. The lowest BCUT2D eigenvalue weighted by atomic mass is 10.3. The summed E-state index contributed by atoms with van der Waals surface area (Å²) in [5.41, 5.74) is 0. The SMILES string of the molecule is CCCCOCC(COC)NCC. The number of ether oxygens (including phenoxy) is 2. The van der Waals surface area contributed by atoms with E-state index in [9.17, 15) is 0 Å². The number of methoxy groups -OCH3 is 1. The van der Waals surface area contributed by atoms with Crippen molar-refractivity contribution in [1.29, 1.82) is 0 Å². The van der Waals surface area contributed by atoms with E-state index < -0.39 is 0 Å². The summed E-state index contributed by atoms with van der Waals surface area (Å²) in [7, 11) is 1.72. The van der Waals surface area contributed by atoms with Gasteiger partial charge in [0.05, 0.1) is 19.3 Å². The van der Waals surface area contributed by atoms with Crippen LogP contribution in [0.15, 0.2) is 0 Å². The van der Waals surface area contributed by atoms with Crippen molar-refractivity contribution < 1.29 is 9.47 Å². The average molecular weight is 189 g/mol. The van der Waals surface area contributed by atoms with Gasteiger partial charge in [0.15, 0.2) is 0 Å². The first kappa shape index (κ1) is 12.9. The number of likely N-dealkylation sites (N-methyl/N-ethyl adjacent to an activating group) is 1. The molecule has 3 nitrogen and oxygen atoms in total. The van der Waals surface area contributed by atoms with Crippen molar-refractivity contribution in [2.45, 2.75) is 32.7 Å². The molecule has 0 aromatic heterocycles. The van der Waals surface area contributed by atoms with E-state index in [0.717, 1.165) is 32.8 Å². The highest BCUT2D eigenvalue weighted by molar-refractivity contribution is 4.63. The predicted molar refractivity (Wildman–Crippen MR) is 55.1 cm³/mol. The van der Waals surface area contributed by atoms with Crippen LogP contribution in [0.1, 0.15) is 26.7 Å². The first-order valence-electron chi connectivity index (χ1n) is 5.15. The Labute approximate surface area is 81.8 Å². The molecular weight excluding hydrogens is 166 g/mol. The zero-order valence-corrected chi connectivity index (χ0v) is 9.14. The Morgan fingerprint density at radius 2 is 2.00 bits per heavy atom. The Balaban J connectivity index is 3.33. The molecular formula is C10H23NO2. The van der Waals surface area contributed by atoms with Crippen molar-refractivity contribution in [2.24, 2.45) is 0 Å². The Hall–Kier alpha value is -0.120. The zero-order valence-electron chi connectivity index (χ0n) is 9.14. The highest BCUT2D eigenvalue weighted by atomic mass is 16.5. The standard InChI is InChI=1S/C10H23NO2/c1-4-6-7-13-9-10(8-12-3)11-5-2/h10-11H,4-9H2,1-3H3. The van der Waals surface area contributed by atoms with Gasteiger partial charge in [-0.05, 0) is 13.0 Å². The van der Waals surface area contributed by atoms with Crippen LogP contribution in [0.3, 0.4) is 0 Å². The van der Waals surface area contributed by atoms with Crippen LogP contribution in [0, 0.1) is 0 Å². The van der Waals surface area contributed by atoms with E-state index in [-0.39, 0.29) is 0 Å². The lowest BCUT2D eigenvalue weighted by Gasteiger charge is -2.16. The molecule has 1 N–H and O–H groups in total. The van der Waals surface area contributed by atoms with Crippen molar-refractivity contribution in [3.05, 3.63) is 0 Å².